The first-order chi connectivity index (χ1) is 15.0. The van der Waals surface area contributed by atoms with E-state index in [0.29, 0.717) is 22.2 Å². The summed E-state index contributed by atoms with van der Waals surface area (Å²) in [5.74, 6) is -0.352. The smallest absolute Gasteiger partial charge is 0.322 e. The van der Waals surface area contributed by atoms with Crippen LogP contribution in [0.25, 0.3) is 11.0 Å². The van der Waals surface area contributed by atoms with Gasteiger partial charge in [0.1, 0.15) is 11.4 Å². The van der Waals surface area contributed by atoms with E-state index in [1.165, 1.54) is 23.3 Å². The van der Waals surface area contributed by atoms with Crippen molar-refractivity contribution in [1.82, 2.24) is 4.90 Å². The molecule has 0 bridgehead atoms. The molecule has 4 aromatic rings. The van der Waals surface area contributed by atoms with Crippen LogP contribution in [0.1, 0.15) is 16.7 Å². The number of carbonyl (C=O) groups excluding carboxylic acids is 1. The quantitative estimate of drug-likeness (QED) is 0.469. The molecule has 0 spiro atoms. The molecule has 0 radical (unpaired) electrons. The van der Waals surface area contributed by atoms with E-state index in [1.807, 2.05) is 31.2 Å². The molecule has 6 heteroatoms. The van der Waals surface area contributed by atoms with Gasteiger partial charge in [0.05, 0.1) is 23.8 Å². The Kier molecular flexibility index (Phi) is 5.80. The van der Waals surface area contributed by atoms with Gasteiger partial charge in [0.25, 0.3) is 0 Å². The summed E-state index contributed by atoms with van der Waals surface area (Å²) in [6, 6.07) is 19.9. The van der Waals surface area contributed by atoms with E-state index in [9.17, 15) is 14.0 Å². The monoisotopic (exact) mass is 416 g/mol. The zero-order valence-corrected chi connectivity index (χ0v) is 17.0. The van der Waals surface area contributed by atoms with Crippen molar-refractivity contribution in [2.75, 3.05) is 5.32 Å². The van der Waals surface area contributed by atoms with E-state index in [-0.39, 0.29) is 30.4 Å². The summed E-state index contributed by atoms with van der Waals surface area (Å²) in [5.41, 5.74) is 3.13. The zero-order chi connectivity index (χ0) is 21.8. The van der Waals surface area contributed by atoms with E-state index >= 15 is 0 Å². The molecule has 31 heavy (non-hydrogen) atoms. The highest BCUT2D eigenvalue weighted by Gasteiger charge is 2.18. The van der Waals surface area contributed by atoms with Gasteiger partial charge in [-0.2, -0.15) is 0 Å². The average Bonchev–Trinajstić information content (AvgIpc) is 2.78. The van der Waals surface area contributed by atoms with Crippen LogP contribution in [0.2, 0.25) is 0 Å². The lowest BCUT2D eigenvalue weighted by atomic mass is 10.1. The van der Waals surface area contributed by atoms with Crippen molar-refractivity contribution in [2.45, 2.75) is 20.0 Å². The Morgan fingerprint density at radius 1 is 0.968 bits per heavy atom. The molecule has 0 saturated carbocycles. The summed E-state index contributed by atoms with van der Waals surface area (Å²) in [7, 11) is 0. The van der Waals surface area contributed by atoms with Gasteiger partial charge in [-0.05, 0) is 48.9 Å². The molecule has 0 unspecified atom stereocenters. The highest BCUT2D eigenvalue weighted by atomic mass is 19.1. The lowest BCUT2D eigenvalue weighted by Crippen LogP contribution is -2.35. The summed E-state index contributed by atoms with van der Waals surface area (Å²) in [6.45, 7) is 2.21. The first-order valence-electron chi connectivity index (χ1n) is 9.86. The third-order valence-electron chi connectivity index (χ3n) is 4.99. The molecule has 5 nitrogen and oxygen atoms in total. The van der Waals surface area contributed by atoms with Crippen LogP contribution in [0, 0.1) is 12.7 Å². The van der Waals surface area contributed by atoms with E-state index in [4.69, 9.17) is 4.42 Å². The normalized spacial score (nSPS) is 10.8. The SMILES string of the molecule is Cc1ccc(NC(=O)N(Cc2ccc(F)cc2)Cc2coc3ccccc3c2=O)cc1. The minimum Gasteiger partial charge on any atom is -0.464 e. The predicted octanol–water partition coefficient (Wildman–Crippen LogP) is 5.47. The number of anilines is 1. The van der Waals surface area contributed by atoms with Gasteiger partial charge in [0, 0.05) is 12.2 Å². The highest BCUT2D eigenvalue weighted by molar-refractivity contribution is 5.89. The van der Waals surface area contributed by atoms with Crippen LogP contribution in [-0.2, 0) is 13.1 Å². The number of hydrogen-bond donors (Lipinski definition) is 1. The summed E-state index contributed by atoms with van der Waals surface area (Å²) < 4.78 is 18.9. The number of aryl methyl sites for hydroxylation is 1. The van der Waals surface area contributed by atoms with E-state index in [2.05, 4.69) is 5.32 Å². The number of hydrogen-bond acceptors (Lipinski definition) is 3. The molecule has 1 heterocycles. The first kappa shape index (κ1) is 20.3. The standard InChI is InChI=1S/C25H21FN2O3/c1-17-6-12-21(13-7-17)27-25(30)28(14-18-8-10-20(26)11-9-18)15-19-16-31-23-5-3-2-4-22(23)24(19)29/h2-13,16H,14-15H2,1H3,(H,27,30). The Labute approximate surface area is 178 Å². The molecule has 3 aromatic carbocycles. The molecule has 156 valence electrons. The summed E-state index contributed by atoms with van der Waals surface area (Å²) in [6.07, 6.45) is 1.39. The van der Waals surface area contributed by atoms with Gasteiger partial charge < -0.3 is 14.6 Å². The number of halogens is 1. The molecular formula is C25H21FN2O3. The van der Waals surface area contributed by atoms with Crippen LogP contribution in [0.3, 0.4) is 0 Å². The van der Waals surface area contributed by atoms with Crippen LogP contribution in [0.15, 0.2) is 88.3 Å². The van der Waals surface area contributed by atoms with Crippen LogP contribution in [0.5, 0.6) is 0 Å². The molecule has 4 rings (SSSR count). The van der Waals surface area contributed by atoms with Crippen molar-refractivity contribution in [3.8, 4) is 0 Å². The summed E-state index contributed by atoms with van der Waals surface area (Å²) in [5, 5.41) is 3.32. The fourth-order valence-corrected chi connectivity index (χ4v) is 3.28. The third kappa shape index (κ3) is 4.80. The molecule has 0 aliphatic carbocycles. The Morgan fingerprint density at radius 3 is 2.42 bits per heavy atom. The van der Waals surface area contributed by atoms with E-state index in [1.54, 1.807) is 36.4 Å². The fraction of sp³-hybridized carbons (Fsp3) is 0.120. The maximum absolute atomic E-state index is 13.3. The number of para-hydroxylation sites is 1. The molecule has 0 saturated heterocycles. The van der Waals surface area contributed by atoms with E-state index < -0.39 is 0 Å². The van der Waals surface area contributed by atoms with Gasteiger partial charge in [-0.15, -0.1) is 0 Å². The Hall–Kier alpha value is -3.93. The first-order valence-corrected chi connectivity index (χ1v) is 9.86. The summed E-state index contributed by atoms with van der Waals surface area (Å²) >= 11 is 0. The predicted molar refractivity (Wildman–Crippen MR) is 118 cm³/mol. The van der Waals surface area contributed by atoms with Gasteiger partial charge in [-0.25, -0.2) is 9.18 Å². The lowest BCUT2D eigenvalue weighted by Gasteiger charge is -2.23. The van der Waals surface area contributed by atoms with Crippen LogP contribution in [0.4, 0.5) is 14.9 Å². The largest absolute Gasteiger partial charge is 0.464 e. The molecule has 0 atom stereocenters. The molecule has 2 amide bonds. The molecule has 0 aliphatic heterocycles. The second-order valence-electron chi connectivity index (χ2n) is 7.36. The maximum Gasteiger partial charge on any atom is 0.322 e. The molecule has 1 aromatic heterocycles. The number of nitrogens with zero attached hydrogens (tertiary/aromatic N) is 1. The number of nitrogens with one attached hydrogen (secondary N) is 1. The molecular weight excluding hydrogens is 395 g/mol. The second kappa shape index (κ2) is 8.83. The van der Waals surface area contributed by atoms with Gasteiger partial charge in [-0.1, -0.05) is 42.0 Å². The topological polar surface area (TPSA) is 62.6 Å². The molecule has 0 aliphatic rings. The average molecular weight is 416 g/mol. The summed E-state index contributed by atoms with van der Waals surface area (Å²) in [4.78, 5) is 27.5. The lowest BCUT2D eigenvalue weighted by molar-refractivity contribution is 0.206. The Balaban J connectivity index is 1.63. The van der Waals surface area contributed by atoms with Crippen LogP contribution >= 0.6 is 0 Å². The number of amides is 2. The second-order valence-corrected chi connectivity index (χ2v) is 7.36. The Bertz CT molecular complexity index is 1260. The van der Waals surface area contributed by atoms with Crippen molar-refractivity contribution >= 4 is 22.7 Å². The van der Waals surface area contributed by atoms with Crippen molar-refractivity contribution in [3.63, 3.8) is 0 Å². The fourth-order valence-electron chi connectivity index (χ4n) is 3.28. The van der Waals surface area contributed by atoms with Gasteiger partial charge in [0.2, 0.25) is 0 Å². The maximum atomic E-state index is 13.3. The van der Waals surface area contributed by atoms with Gasteiger partial charge in [0.15, 0.2) is 5.43 Å². The number of rotatable bonds is 5. The number of urea groups is 1. The van der Waals surface area contributed by atoms with Gasteiger partial charge >= 0.3 is 6.03 Å². The highest BCUT2D eigenvalue weighted by Crippen LogP contribution is 2.16. The zero-order valence-electron chi connectivity index (χ0n) is 17.0. The number of benzene rings is 3. The van der Waals surface area contributed by atoms with Crippen molar-refractivity contribution in [1.29, 1.82) is 0 Å². The van der Waals surface area contributed by atoms with Crippen molar-refractivity contribution in [3.05, 3.63) is 112 Å². The minimum atomic E-state index is -0.374. The minimum absolute atomic E-state index is 0.0439. The van der Waals surface area contributed by atoms with Crippen molar-refractivity contribution in [2.24, 2.45) is 0 Å². The van der Waals surface area contributed by atoms with Crippen molar-refractivity contribution < 1.29 is 13.6 Å². The van der Waals surface area contributed by atoms with E-state index in [0.717, 1.165) is 11.1 Å². The van der Waals surface area contributed by atoms with Crippen LogP contribution < -0.4 is 10.7 Å². The van der Waals surface area contributed by atoms with Gasteiger partial charge in [-0.3, -0.25) is 4.79 Å². The number of fused-ring (bicyclic) bond motifs is 1. The number of carbonyl (C=O) groups is 1. The Morgan fingerprint density at radius 2 is 1.68 bits per heavy atom. The molecule has 1 N–H and O–H groups in total. The van der Waals surface area contributed by atoms with Crippen LogP contribution in [-0.4, -0.2) is 10.9 Å². The third-order valence-corrected chi connectivity index (χ3v) is 4.99. The molecule has 0 fully saturated rings.